The van der Waals surface area contributed by atoms with Crippen LogP contribution < -0.4 is 4.74 Å². The van der Waals surface area contributed by atoms with Crippen molar-refractivity contribution in [2.24, 2.45) is 0 Å². The quantitative estimate of drug-likeness (QED) is 0.595. The van der Waals surface area contributed by atoms with Gasteiger partial charge in [0.2, 0.25) is 0 Å². The van der Waals surface area contributed by atoms with Crippen molar-refractivity contribution in [1.29, 1.82) is 0 Å². The van der Waals surface area contributed by atoms with Gasteiger partial charge in [-0.15, -0.1) is 0 Å². The zero-order valence-electron chi connectivity index (χ0n) is 8.69. The van der Waals surface area contributed by atoms with Gasteiger partial charge in [-0.2, -0.15) is 0 Å². The molecule has 3 heteroatoms. The van der Waals surface area contributed by atoms with Crippen LogP contribution in [0.4, 0.5) is 0 Å². The third-order valence-electron chi connectivity index (χ3n) is 1.55. The third kappa shape index (κ3) is 2.53. The van der Waals surface area contributed by atoms with Crippen LogP contribution in [0.1, 0.15) is 8.42 Å². The number of ether oxygens (including phenoxy) is 1. The Balaban J connectivity index is -0.000000302. The van der Waals surface area contributed by atoms with Crippen LogP contribution in [0, 0.1) is 0 Å². The van der Waals surface area contributed by atoms with Crippen molar-refractivity contribution in [2.45, 2.75) is 0 Å². The van der Waals surface area contributed by atoms with Gasteiger partial charge in [-0.1, -0.05) is 24.3 Å². The van der Waals surface area contributed by atoms with E-state index < -0.39 is 0 Å². The summed E-state index contributed by atoms with van der Waals surface area (Å²) < 4.78 is 5.34. The Morgan fingerprint density at radius 2 is 2.00 bits per heavy atom. The molecule has 1 nitrogen and oxygen atoms in total. The first-order valence-electron chi connectivity index (χ1n) is 3.35. The van der Waals surface area contributed by atoms with Crippen LogP contribution in [0.5, 0.6) is 5.75 Å². The molecule has 60 valence electrons. The minimum Gasteiger partial charge on any atom is -1.00 e. The molecule has 12 heavy (non-hydrogen) atoms. The Morgan fingerprint density at radius 1 is 1.25 bits per heavy atom. The SMILES string of the molecule is C1=Cc2ccccc2OC1.[Cr].[H-].[H-].[Mg+2]. The molecule has 0 radical (unpaired) electrons. The molecule has 0 spiro atoms. The first-order chi connectivity index (χ1) is 4.97. The maximum absolute atomic E-state index is 5.34. The summed E-state index contributed by atoms with van der Waals surface area (Å²) in [6, 6.07) is 8.03. The van der Waals surface area contributed by atoms with Crippen molar-refractivity contribution >= 4 is 29.1 Å². The molecule has 1 aliphatic rings. The molecule has 0 bridgehead atoms. The van der Waals surface area contributed by atoms with Gasteiger partial charge in [0.05, 0.1) is 0 Å². The standard InChI is InChI=1S/C9H8O.Cr.Mg.2H/c1-2-6-9-8(4-1)5-3-7-10-9;;;;/h1-6H,7H2;;;;/q;;+2;2*-1. The average molecular weight is 210 g/mol. The van der Waals surface area contributed by atoms with Crippen LogP contribution in [0.2, 0.25) is 0 Å². The summed E-state index contributed by atoms with van der Waals surface area (Å²) in [5.74, 6) is 0.991. The smallest absolute Gasteiger partial charge is 1.00 e. The molecule has 0 atom stereocenters. The Bertz CT molecular complexity index is 281. The molecule has 0 fully saturated rings. The molecular weight excluding hydrogens is 200 g/mol. The molecule has 1 heterocycles. The zero-order chi connectivity index (χ0) is 6.81. The van der Waals surface area contributed by atoms with Crippen molar-refractivity contribution in [2.75, 3.05) is 6.61 Å². The molecular formula is C9H10CrMgO. The first kappa shape index (κ1) is 12.1. The monoisotopic (exact) mass is 210 g/mol. The van der Waals surface area contributed by atoms with E-state index in [9.17, 15) is 0 Å². The Morgan fingerprint density at radius 3 is 2.75 bits per heavy atom. The molecule has 0 aromatic heterocycles. The first-order valence-corrected chi connectivity index (χ1v) is 3.35. The fraction of sp³-hybridized carbons (Fsp3) is 0.111. The molecule has 0 N–H and O–H groups in total. The van der Waals surface area contributed by atoms with Gasteiger partial charge >= 0.3 is 23.1 Å². The Hall–Kier alpha value is 0.0587. The summed E-state index contributed by atoms with van der Waals surface area (Å²) >= 11 is 0. The minimum atomic E-state index is 0. The Kier molecular flexibility index (Phi) is 5.69. The topological polar surface area (TPSA) is 9.23 Å². The number of fused-ring (bicyclic) bond motifs is 1. The van der Waals surface area contributed by atoms with E-state index in [0.29, 0.717) is 6.61 Å². The minimum absolute atomic E-state index is 0. The van der Waals surface area contributed by atoms with E-state index in [1.807, 2.05) is 30.3 Å². The van der Waals surface area contributed by atoms with E-state index in [2.05, 4.69) is 6.08 Å². The molecule has 1 aromatic carbocycles. The van der Waals surface area contributed by atoms with Gasteiger partial charge < -0.3 is 7.59 Å². The molecule has 0 saturated heterocycles. The molecule has 0 amide bonds. The van der Waals surface area contributed by atoms with Crippen molar-refractivity contribution in [3.63, 3.8) is 0 Å². The van der Waals surface area contributed by atoms with E-state index in [-0.39, 0.29) is 43.3 Å². The van der Waals surface area contributed by atoms with Crippen LogP contribution in [0.15, 0.2) is 30.3 Å². The van der Waals surface area contributed by atoms with Gasteiger partial charge in [-0.25, -0.2) is 0 Å². The van der Waals surface area contributed by atoms with Crippen molar-refractivity contribution in [3.05, 3.63) is 35.9 Å². The van der Waals surface area contributed by atoms with E-state index >= 15 is 0 Å². The second-order valence-electron chi connectivity index (χ2n) is 2.25. The van der Waals surface area contributed by atoms with Crippen LogP contribution in [-0.2, 0) is 17.4 Å². The van der Waals surface area contributed by atoms with Crippen LogP contribution in [0.25, 0.3) is 6.08 Å². The third-order valence-corrected chi connectivity index (χ3v) is 1.55. The van der Waals surface area contributed by atoms with E-state index in [1.54, 1.807) is 0 Å². The predicted octanol–water partition coefficient (Wildman–Crippen LogP) is 1.93. The van der Waals surface area contributed by atoms with E-state index in [0.717, 1.165) is 5.75 Å². The van der Waals surface area contributed by atoms with Crippen molar-refractivity contribution in [1.82, 2.24) is 0 Å². The van der Waals surface area contributed by atoms with Crippen molar-refractivity contribution in [3.8, 4) is 5.75 Å². The summed E-state index contributed by atoms with van der Waals surface area (Å²) in [6.07, 6.45) is 4.10. The number of rotatable bonds is 0. The Labute approximate surface area is 102 Å². The molecule has 0 unspecified atom stereocenters. The maximum atomic E-state index is 5.34. The normalized spacial score (nSPS) is 11.7. The number of hydrogen-bond donors (Lipinski definition) is 0. The van der Waals surface area contributed by atoms with Gasteiger partial charge in [0.25, 0.3) is 0 Å². The number of para-hydroxylation sites is 1. The van der Waals surface area contributed by atoms with Crippen LogP contribution >= 0.6 is 0 Å². The van der Waals surface area contributed by atoms with Crippen LogP contribution in [0.3, 0.4) is 0 Å². The van der Waals surface area contributed by atoms with E-state index in [1.165, 1.54) is 5.56 Å². The maximum Gasteiger partial charge on any atom is 2.00 e. The fourth-order valence-corrected chi connectivity index (χ4v) is 1.06. The largest absolute Gasteiger partial charge is 2.00 e. The van der Waals surface area contributed by atoms with Crippen LogP contribution in [-0.4, -0.2) is 29.7 Å². The molecule has 0 saturated carbocycles. The second-order valence-corrected chi connectivity index (χ2v) is 2.25. The molecule has 1 aromatic rings. The van der Waals surface area contributed by atoms with Gasteiger partial charge in [0, 0.05) is 22.9 Å². The fourth-order valence-electron chi connectivity index (χ4n) is 1.06. The van der Waals surface area contributed by atoms with E-state index in [4.69, 9.17) is 4.74 Å². The van der Waals surface area contributed by atoms with Crippen molar-refractivity contribution < 1.29 is 25.0 Å². The van der Waals surface area contributed by atoms with Gasteiger partial charge in [-0.3, -0.25) is 0 Å². The summed E-state index contributed by atoms with van der Waals surface area (Å²) in [7, 11) is 0. The van der Waals surface area contributed by atoms with Gasteiger partial charge in [0.1, 0.15) is 12.4 Å². The average Bonchev–Trinajstić information content (AvgIpc) is 2.05. The van der Waals surface area contributed by atoms with Gasteiger partial charge in [0.15, 0.2) is 0 Å². The summed E-state index contributed by atoms with van der Waals surface area (Å²) in [5.41, 5.74) is 1.17. The number of hydrogen-bond acceptors (Lipinski definition) is 1. The predicted molar refractivity (Wildman–Crippen MR) is 48.9 cm³/mol. The summed E-state index contributed by atoms with van der Waals surface area (Å²) in [6.45, 7) is 0.705. The second kappa shape index (κ2) is 5.66. The molecule has 0 aliphatic carbocycles. The summed E-state index contributed by atoms with van der Waals surface area (Å²) in [4.78, 5) is 0. The molecule has 2 rings (SSSR count). The molecule has 1 aliphatic heterocycles. The van der Waals surface area contributed by atoms with Gasteiger partial charge in [-0.05, 0) is 12.1 Å². The zero-order valence-corrected chi connectivity index (χ0v) is 9.38. The summed E-state index contributed by atoms with van der Waals surface area (Å²) in [5, 5.41) is 0. The number of benzene rings is 1.